The van der Waals surface area contributed by atoms with E-state index in [2.05, 4.69) is 24.2 Å². The molecule has 0 radical (unpaired) electrons. The molecule has 0 aliphatic carbocycles. The van der Waals surface area contributed by atoms with Crippen molar-refractivity contribution in [1.29, 1.82) is 0 Å². The van der Waals surface area contributed by atoms with Crippen LogP contribution < -0.4 is 5.73 Å². The van der Waals surface area contributed by atoms with Crippen molar-refractivity contribution in [2.75, 3.05) is 6.54 Å². The van der Waals surface area contributed by atoms with Crippen molar-refractivity contribution in [3.05, 3.63) is 30.0 Å². The van der Waals surface area contributed by atoms with Crippen molar-refractivity contribution in [2.45, 2.75) is 46.3 Å². The quantitative estimate of drug-likeness (QED) is 0.900. The van der Waals surface area contributed by atoms with Crippen LogP contribution in [-0.4, -0.2) is 27.0 Å². The number of aromatic nitrogens is 2. The molecule has 0 saturated carbocycles. The maximum absolute atomic E-state index is 10.9. The summed E-state index contributed by atoms with van der Waals surface area (Å²) in [7, 11) is 0. The molecule has 0 saturated heterocycles. The summed E-state index contributed by atoms with van der Waals surface area (Å²) in [5.74, 6) is 0. The summed E-state index contributed by atoms with van der Waals surface area (Å²) < 4.78 is 1.98. The van der Waals surface area contributed by atoms with E-state index in [4.69, 9.17) is 5.73 Å². The van der Waals surface area contributed by atoms with E-state index >= 15 is 0 Å². The first-order valence-electron chi connectivity index (χ1n) is 7.19. The van der Waals surface area contributed by atoms with Gasteiger partial charge in [0.05, 0.1) is 16.8 Å². The van der Waals surface area contributed by atoms with Crippen LogP contribution in [0.5, 0.6) is 0 Å². The predicted octanol–water partition coefficient (Wildman–Crippen LogP) is 2.33. The molecule has 1 aromatic carbocycles. The van der Waals surface area contributed by atoms with Gasteiger partial charge < -0.3 is 10.8 Å². The van der Waals surface area contributed by atoms with Crippen molar-refractivity contribution in [1.82, 2.24) is 9.78 Å². The average molecular weight is 275 g/mol. The Morgan fingerprint density at radius 3 is 2.45 bits per heavy atom. The minimum atomic E-state index is -0.956. The first-order chi connectivity index (χ1) is 9.32. The molecule has 0 fully saturated rings. The van der Waals surface area contributed by atoms with Gasteiger partial charge in [-0.2, -0.15) is 5.10 Å². The second-order valence-electron chi connectivity index (χ2n) is 6.44. The van der Waals surface area contributed by atoms with Crippen LogP contribution in [0.2, 0.25) is 0 Å². The number of hydrogen-bond acceptors (Lipinski definition) is 3. The number of hydrogen-bond donors (Lipinski definition) is 2. The summed E-state index contributed by atoms with van der Waals surface area (Å²) in [6, 6.07) is 8.14. The molecule has 0 aliphatic heterocycles. The van der Waals surface area contributed by atoms with E-state index in [-0.39, 0.29) is 12.0 Å². The fourth-order valence-electron chi connectivity index (χ4n) is 2.49. The minimum absolute atomic E-state index is 0.226. The van der Waals surface area contributed by atoms with Gasteiger partial charge in [-0.15, -0.1) is 0 Å². The van der Waals surface area contributed by atoms with Gasteiger partial charge in [-0.25, -0.2) is 0 Å². The second kappa shape index (κ2) is 5.19. The molecule has 1 unspecified atom stereocenters. The van der Waals surface area contributed by atoms with Crippen LogP contribution in [0.4, 0.5) is 0 Å². The van der Waals surface area contributed by atoms with Gasteiger partial charge >= 0.3 is 0 Å². The molecule has 2 aromatic rings. The van der Waals surface area contributed by atoms with E-state index in [1.165, 1.54) is 0 Å². The molecule has 0 spiro atoms. The van der Waals surface area contributed by atoms with Crippen LogP contribution in [0.3, 0.4) is 0 Å². The molecule has 1 aromatic heterocycles. The van der Waals surface area contributed by atoms with Crippen LogP contribution in [0.1, 0.15) is 33.4 Å². The van der Waals surface area contributed by atoms with E-state index in [0.29, 0.717) is 6.42 Å². The predicted molar refractivity (Wildman–Crippen MR) is 82.6 cm³/mol. The van der Waals surface area contributed by atoms with Gasteiger partial charge in [0.2, 0.25) is 0 Å². The number of nitrogens with zero attached hydrogens (tertiary/aromatic N) is 2. The molecule has 1 heterocycles. The largest absolute Gasteiger partial charge is 0.388 e. The van der Waals surface area contributed by atoms with Gasteiger partial charge in [0.15, 0.2) is 0 Å². The standard InChI is InChI=1S/C16H25N3O/c1-5-19-14-9-7-6-8-12(14)13(18-19)10-16(20,11-17)15(2,3)4/h6-9,20H,5,10-11,17H2,1-4H3. The highest BCUT2D eigenvalue weighted by molar-refractivity contribution is 5.82. The summed E-state index contributed by atoms with van der Waals surface area (Å²) in [6.45, 7) is 9.15. The fourth-order valence-corrected chi connectivity index (χ4v) is 2.49. The number of rotatable bonds is 4. The lowest BCUT2D eigenvalue weighted by Crippen LogP contribution is -2.51. The Morgan fingerprint density at radius 1 is 1.25 bits per heavy atom. The van der Waals surface area contributed by atoms with E-state index < -0.39 is 5.60 Å². The van der Waals surface area contributed by atoms with Gasteiger partial charge in [-0.05, 0) is 18.4 Å². The van der Waals surface area contributed by atoms with Crippen LogP contribution in [0, 0.1) is 5.41 Å². The van der Waals surface area contributed by atoms with Crippen molar-refractivity contribution >= 4 is 10.9 Å². The lowest BCUT2D eigenvalue weighted by molar-refractivity contribution is -0.0496. The number of fused-ring (bicyclic) bond motifs is 1. The lowest BCUT2D eigenvalue weighted by atomic mass is 9.73. The van der Waals surface area contributed by atoms with Crippen LogP contribution >= 0.6 is 0 Å². The SMILES string of the molecule is CCn1nc(CC(O)(CN)C(C)(C)C)c2ccccc21. The molecule has 0 bridgehead atoms. The smallest absolute Gasteiger partial charge is 0.0873 e. The average Bonchev–Trinajstić information content (AvgIpc) is 2.75. The van der Waals surface area contributed by atoms with Gasteiger partial charge in [0.25, 0.3) is 0 Å². The molecule has 2 rings (SSSR count). The van der Waals surface area contributed by atoms with Crippen molar-refractivity contribution < 1.29 is 5.11 Å². The highest BCUT2D eigenvalue weighted by atomic mass is 16.3. The van der Waals surface area contributed by atoms with Crippen molar-refractivity contribution in [3.8, 4) is 0 Å². The molecule has 4 nitrogen and oxygen atoms in total. The van der Waals surface area contributed by atoms with Gasteiger partial charge in [-0.1, -0.05) is 39.0 Å². The topological polar surface area (TPSA) is 64.1 Å². The minimum Gasteiger partial charge on any atom is -0.388 e. The number of aryl methyl sites for hydroxylation is 1. The third-order valence-corrected chi connectivity index (χ3v) is 4.23. The van der Waals surface area contributed by atoms with Crippen LogP contribution in [-0.2, 0) is 13.0 Å². The summed E-state index contributed by atoms with van der Waals surface area (Å²) in [5, 5.41) is 16.6. The Labute approximate surface area is 120 Å². The summed E-state index contributed by atoms with van der Waals surface area (Å²) in [6.07, 6.45) is 0.473. The first-order valence-corrected chi connectivity index (χ1v) is 7.19. The van der Waals surface area contributed by atoms with E-state index in [9.17, 15) is 5.11 Å². The number of para-hydroxylation sites is 1. The van der Waals surface area contributed by atoms with Crippen LogP contribution in [0.15, 0.2) is 24.3 Å². The molecule has 4 heteroatoms. The third-order valence-electron chi connectivity index (χ3n) is 4.23. The molecule has 0 aliphatic rings. The normalized spacial score (nSPS) is 15.5. The molecule has 1 atom stereocenters. The zero-order valence-electron chi connectivity index (χ0n) is 12.8. The Morgan fingerprint density at radius 2 is 1.90 bits per heavy atom. The Hall–Kier alpha value is -1.39. The van der Waals surface area contributed by atoms with Crippen molar-refractivity contribution in [3.63, 3.8) is 0 Å². The molecular formula is C16H25N3O. The van der Waals surface area contributed by atoms with Gasteiger partial charge in [0, 0.05) is 24.9 Å². The van der Waals surface area contributed by atoms with E-state index in [1.807, 2.05) is 37.6 Å². The number of aliphatic hydroxyl groups is 1. The molecular weight excluding hydrogens is 250 g/mol. The van der Waals surface area contributed by atoms with Gasteiger partial charge in [-0.3, -0.25) is 4.68 Å². The monoisotopic (exact) mass is 275 g/mol. The summed E-state index contributed by atoms with van der Waals surface area (Å²) in [5.41, 5.74) is 6.62. The molecule has 110 valence electrons. The summed E-state index contributed by atoms with van der Waals surface area (Å²) in [4.78, 5) is 0. The fraction of sp³-hybridized carbons (Fsp3) is 0.562. The Balaban J connectivity index is 2.49. The zero-order valence-corrected chi connectivity index (χ0v) is 12.8. The molecule has 20 heavy (non-hydrogen) atoms. The van der Waals surface area contributed by atoms with Crippen molar-refractivity contribution in [2.24, 2.45) is 11.1 Å². The van der Waals surface area contributed by atoms with Crippen LogP contribution in [0.25, 0.3) is 10.9 Å². The Kier molecular flexibility index (Phi) is 3.89. The second-order valence-corrected chi connectivity index (χ2v) is 6.44. The highest BCUT2D eigenvalue weighted by Gasteiger charge is 2.39. The van der Waals surface area contributed by atoms with Gasteiger partial charge in [0.1, 0.15) is 0 Å². The Bertz CT molecular complexity index is 597. The molecule has 3 N–H and O–H groups in total. The zero-order chi connectivity index (χ0) is 15.0. The highest BCUT2D eigenvalue weighted by Crippen LogP contribution is 2.34. The lowest BCUT2D eigenvalue weighted by Gasteiger charge is -2.39. The molecule has 0 amide bonds. The summed E-state index contributed by atoms with van der Waals surface area (Å²) >= 11 is 0. The van der Waals surface area contributed by atoms with E-state index in [0.717, 1.165) is 23.1 Å². The third kappa shape index (κ3) is 2.45. The number of benzene rings is 1. The maximum atomic E-state index is 10.9. The maximum Gasteiger partial charge on any atom is 0.0873 e. The van der Waals surface area contributed by atoms with E-state index in [1.54, 1.807) is 0 Å². The number of nitrogens with two attached hydrogens (primary N) is 1. The first kappa shape index (κ1) is 15.0.